The van der Waals surface area contributed by atoms with Crippen molar-refractivity contribution in [2.24, 2.45) is 0 Å². The molecule has 1 atom stereocenters. The zero-order valence-corrected chi connectivity index (χ0v) is 15.9. The summed E-state index contributed by atoms with van der Waals surface area (Å²) in [4.78, 5) is 23.7. The second-order valence-corrected chi connectivity index (χ2v) is 5.93. The van der Waals surface area contributed by atoms with Gasteiger partial charge in [-0.05, 0) is 36.3 Å². The summed E-state index contributed by atoms with van der Waals surface area (Å²) < 4.78 is 38.9. The fourth-order valence-electron chi connectivity index (χ4n) is 2.44. The SMILES string of the molecule is COc1cc(/C=C/C(=O)OCC(=O)NC(C)c2ccccc2)ccc1OC(F)F. The summed E-state index contributed by atoms with van der Waals surface area (Å²) in [5.74, 6) is -1.18. The topological polar surface area (TPSA) is 73.9 Å². The summed E-state index contributed by atoms with van der Waals surface area (Å²) in [6, 6.07) is 13.3. The maximum absolute atomic E-state index is 12.3. The highest BCUT2D eigenvalue weighted by atomic mass is 19.3. The van der Waals surface area contributed by atoms with Crippen LogP contribution in [0.5, 0.6) is 11.5 Å². The summed E-state index contributed by atoms with van der Waals surface area (Å²) in [5, 5.41) is 2.73. The van der Waals surface area contributed by atoms with Crippen molar-refractivity contribution in [1.82, 2.24) is 5.32 Å². The van der Waals surface area contributed by atoms with Crippen LogP contribution in [0.15, 0.2) is 54.6 Å². The van der Waals surface area contributed by atoms with E-state index in [4.69, 9.17) is 9.47 Å². The molecule has 2 rings (SSSR count). The average molecular weight is 405 g/mol. The Morgan fingerprint density at radius 3 is 2.48 bits per heavy atom. The minimum atomic E-state index is -2.98. The Hall–Kier alpha value is -3.42. The third-order valence-electron chi connectivity index (χ3n) is 3.84. The van der Waals surface area contributed by atoms with Crippen LogP contribution in [0.2, 0.25) is 0 Å². The van der Waals surface area contributed by atoms with Crippen LogP contribution in [0.1, 0.15) is 24.1 Å². The van der Waals surface area contributed by atoms with Crippen LogP contribution in [0, 0.1) is 0 Å². The number of halogens is 2. The van der Waals surface area contributed by atoms with Crippen LogP contribution < -0.4 is 14.8 Å². The van der Waals surface area contributed by atoms with Crippen molar-refractivity contribution in [3.8, 4) is 11.5 Å². The van der Waals surface area contributed by atoms with Crippen LogP contribution in [0.3, 0.4) is 0 Å². The van der Waals surface area contributed by atoms with Crippen molar-refractivity contribution < 1.29 is 32.6 Å². The highest BCUT2D eigenvalue weighted by Crippen LogP contribution is 2.29. The lowest BCUT2D eigenvalue weighted by Gasteiger charge is -2.14. The number of esters is 1. The van der Waals surface area contributed by atoms with Gasteiger partial charge in [0.15, 0.2) is 18.1 Å². The van der Waals surface area contributed by atoms with Gasteiger partial charge in [-0.3, -0.25) is 4.79 Å². The smallest absolute Gasteiger partial charge is 0.387 e. The van der Waals surface area contributed by atoms with E-state index >= 15 is 0 Å². The average Bonchev–Trinajstić information content (AvgIpc) is 2.71. The van der Waals surface area contributed by atoms with Gasteiger partial charge < -0.3 is 19.5 Å². The molecule has 0 heterocycles. The number of nitrogens with one attached hydrogen (secondary N) is 1. The zero-order chi connectivity index (χ0) is 21.2. The highest BCUT2D eigenvalue weighted by Gasteiger charge is 2.12. The monoisotopic (exact) mass is 405 g/mol. The molecule has 6 nitrogen and oxygen atoms in total. The summed E-state index contributed by atoms with van der Waals surface area (Å²) in [5.41, 5.74) is 1.43. The molecule has 1 amide bonds. The predicted molar refractivity (Wildman–Crippen MR) is 103 cm³/mol. The van der Waals surface area contributed by atoms with Gasteiger partial charge in [0.1, 0.15) is 0 Å². The molecule has 8 heteroatoms. The standard InChI is InChI=1S/C21H21F2NO5/c1-14(16-6-4-3-5-7-16)24-19(25)13-28-20(26)11-9-15-8-10-17(29-21(22)23)18(12-15)27-2/h3-12,14,21H,13H2,1-2H3,(H,24,25)/b11-9+. The van der Waals surface area contributed by atoms with Gasteiger partial charge in [0.05, 0.1) is 13.2 Å². The van der Waals surface area contributed by atoms with E-state index in [9.17, 15) is 18.4 Å². The second kappa shape index (κ2) is 10.8. The first-order chi connectivity index (χ1) is 13.9. The van der Waals surface area contributed by atoms with Gasteiger partial charge in [0.25, 0.3) is 5.91 Å². The number of carbonyl (C=O) groups excluding carboxylic acids is 2. The van der Waals surface area contributed by atoms with Crippen LogP contribution in [-0.4, -0.2) is 32.2 Å². The van der Waals surface area contributed by atoms with Crippen molar-refractivity contribution in [2.75, 3.05) is 13.7 Å². The number of hydrogen-bond acceptors (Lipinski definition) is 5. The molecule has 2 aromatic carbocycles. The molecule has 0 spiro atoms. The third-order valence-corrected chi connectivity index (χ3v) is 3.84. The molecule has 0 bridgehead atoms. The van der Waals surface area contributed by atoms with E-state index in [0.717, 1.165) is 11.6 Å². The molecule has 0 aliphatic rings. The Kier molecular flexibility index (Phi) is 8.14. The van der Waals surface area contributed by atoms with Crippen molar-refractivity contribution in [3.63, 3.8) is 0 Å². The van der Waals surface area contributed by atoms with E-state index in [1.54, 1.807) is 0 Å². The third kappa shape index (κ3) is 7.25. The molecule has 154 valence electrons. The molecule has 1 N–H and O–H groups in total. The Bertz CT molecular complexity index is 855. The van der Waals surface area contributed by atoms with Crippen molar-refractivity contribution in [3.05, 3.63) is 65.7 Å². The lowest BCUT2D eigenvalue weighted by Crippen LogP contribution is -2.30. The van der Waals surface area contributed by atoms with E-state index in [1.165, 1.54) is 31.4 Å². The number of amides is 1. The first-order valence-corrected chi connectivity index (χ1v) is 8.71. The van der Waals surface area contributed by atoms with Crippen LogP contribution in [0.4, 0.5) is 8.78 Å². The molecule has 0 aliphatic carbocycles. The summed E-state index contributed by atoms with van der Waals surface area (Å²) in [6.07, 6.45) is 2.53. The van der Waals surface area contributed by atoms with Crippen molar-refractivity contribution in [1.29, 1.82) is 0 Å². The van der Waals surface area contributed by atoms with Gasteiger partial charge in [-0.15, -0.1) is 0 Å². The molecule has 0 saturated heterocycles. The Labute approximate surface area is 167 Å². The van der Waals surface area contributed by atoms with Crippen molar-refractivity contribution >= 4 is 18.0 Å². The molecule has 0 aliphatic heterocycles. The van der Waals surface area contributed by atoms with E-state index in [2.05, 4.69) is 10.1 Å². The van der Waals surface area contributed by atoms with Crippen LogP contribution in [0.25, 0.3) is 6.08 Å². The Morgan fingerprint density at radius 1 is 1.10 bits per heavy atom. The maximum Gasteiger partial charge on any atom is 0.387 e. The lowest BCUT2D eigenvalue weighted by molar-refractivity contribution is -0.144. The molecule has 0 fully saturated rings. The normalized spacial score (nSPS) is 11.9. The fourth-order valence-corrected chi connectivity index (χ4v) is 2.44. The maximum atomic E-state index is 12.3. The molecular formula is C21H21F2NO5. The first-order valence-electron chi connectivity index (χ1n) is 8.71. The van der Waals surface area contributed by atoms with E-state index in [1.807, 2.05) is 37.3 Å². The number of hydrogen-bond donors (Lipinski definition) is 1. The van der Waals surface area contributed by atoms with Crippen LogP contribution in [-0.2, 0) is 14.3 Å². The number of ether oxygens (including phenoxy) is 3. The zero-order valence-electron chi connectivity index (χ0n) is 15.9. The minimum Gasteiger partial charge on any atom is -0.493 e. The Balaban J connectivity index is 1.85. The fraction of sp³-hybridized carbons (Fsp3) is 0.238. The molecule has 29 heavy (non-hydrogen) atoms. The Morgan fingerprint density at radius 2 is 1.83 bits per heavy atom. The summed E-state index contributed by atoms with van der Waals surface area (Å²) >= 11 is 0. The van der Waals surface area contributed by atoms with Gasteiger partial charge >= 0.3 is 12.6 Å². The molecule has 2 aromatic rings. The first kappa shape index (κ1) is 21.9. The number of alkyl halides is 2. The highest BCUT2D eigenvalue weighted by molar-refractivity contribution is 5.89. The number of rotatable bonds is 9. The molecule has 0 radical (unpaired) electrons. The number of benzene rings is 2. The minimum absolute atomic E-state index is 0.0927. The summed E-state index contributed by atoms with van der Waals surface area (Å²) in [6.45, 7) is -1.58. The molecule has 0 saturated carbocycles. The second-order valence-electron chi connectivity index (χ2n) is 5.93. The van der Waals surface area contributed by atoms with Gasteiger partial charge in [-0.25, -0.2) is 4.79 Å². The quantitative estimate of drug-likeness (QED) is 0.508. The number of carbonyl (C=O) groups is 2. The molecule has 0 aromatic heterocycles. The van der Waals surface area contributed by atoms with Crippen molar-refractivity contribution in [2.45, 2.75) is 19.6 Å². The van der Waals surface area contributed by atoms with Gasteiger partial charge in [0, 0.05) is 6.08 Å². The summed E-state index contributed by atoms with van der Waals surface area (Å²) in [7, 11) is 1.31. The van der Waals surface area contributed by atoms with Gasteiger partial charge in [-0.1, -0.05) is 36.4 Å². The van der Waals surface area contributed by atoms with Gasteiger partial charge in [0.2, 0.25) is 0 Å². The molecular weight excluding hydrogens is 384 g/mol. The molecule has 1 unspecified atom stereocenters. The van der Waals surface area contributed by atoms with E-state index in [0.29, 0.717) is 5.56 Å². The number of methoxy groups -OCH3 is 1. The predicted octanol–water partition coefficient (Wildman–Crippen LogP) is 3.73. The largest absolute Gasteiger partial charge is 0.493 e. The lowest BCUT2D eigenvalue weighted by atomic mass is 10.1. The van der Waals surface area contributed by atoms with Crippen LogP contribution >= 0.6 is 0 Å². The van der Waals surface area contributed by atoms with Gasteiger partial charge in [-0.2, -0.15) is 8.78 Å². The van der Waals surface area contributed by atoms with E-state index < -0.39 is 25.1 Å². The van der Waals surface area contributed by atoms with E-state index in [-0.39, 0.29) is 17.5 Å².